The van der Waals surface area contributed by atoms with Crippen molar-refractivity contribution < 1.29 is 0 Å². The van der Waals surface area contributed by atoms with Crippen LogP contribution in [0.3, 0.4) is 0 Å². The van der Waals surface area contributed by atoms with E-state index >= 15 is 0 Å². The highest BCUT2D eigenvalue weighted by molar-refractivity contribution is 6.37. The summed E-state index contributed by atoms with van der Waals surface area (Å²) >= 11 is 0. The minimum atomic E-state index is 1.32. The third-order valence-corrected chi connectivity index (χ3v) is 11.0. The summed E-state index contributed by atoms with van der Waals surface area (Å²) < 4.78 is 0. The zero-order valence-corrected chi connectivity index (χ0v) is 24.9. The van der Waals surface area contributed by atoms with Crippen LogP contribution in [-0.2, 0) is 0 Å². The van der Waals surface area contributed by atoms with Crippen LogP contribution in [0.25, 0.3) is 118 Å². The fourth-order valence-corrected chi connectivity index (χ4v) is 8.91. The zero-order valence-electron chi connectivity index (χ0n) is 24.9. The first kappa shape index (κ1) is 23.4. The second-order valence-corrected chi connectivity index (χ2v) is 13.2. The van der Waals surface area contributed by atoms with Crippen molar-refractivity contribution >= 4 is 118 Å². The van der Waals surface area contributed by atoms with Gasteiger partial charge in [0.25, 0.3) is 0 Å². The van der Waals surface area contributed by atoms with E-state index in [2.05, 4.69) is 146 Å². The molecule has 208 valence electrons. The first-order chi connectivity index (χ1) is 22.8. The lowest BCUT2D eigenvalue weighted by atomic mass is 9.84. The Balaban J connectivity index is 1.15. The summed E-state index contributed by atoms with van der Waals surface area (Å²) in [4.78, 5) is 0. The van der Waals surface area contributed by atoms with Gasteiger partial charge in [0, 0.05) is 0 Å². The van der Waals surface area contributed by atoms with Crippen molar-refractivity contribution in [1.29, 1.82) is 0 Å². The lowest BCUT2D eigenvalue weighted by molar-refractivity contribution is 1.79. The van der Waals surface area contributed by atoms with Gasteiger partial charge in [0.15, 0.2) is 0 Å². The van der Waals surface area contributed by atoms with Gasteiger partial charge in [0.2, 0.25) is 0 Å². The monoisotopic (exact) mass is 576 g/mol. The summed E-state index contributed by atoms with van der Waals surface area (Å²) in [7, 11) is 0. The van der Waals surface area contributed by atoms with E-state index in [1.165, 1.54) is 118 Å². The van der Waals surface area contributed by atoms with Crippen molar-refractivity contribution in [2.45, 2.75) is 0 Å². The normalized spacial score (nSPS) is 12.8. The molecule has 0 atom stereocenters. The molecule has 12 rings (SSSR count). The standard InChI is InChI=1S/C46H24/c1-5-13-31-27(9-1)28-10-2-6-14-32(28)40-22-44-36-18-26-20-38-37(19-25(26)17-35(36)43(44)21-39(31)40)45-23-41-33-15-7-3-11-29(33)30-12-4-8-16-34(30)42(41)24-46(38)45/h1-24H. The third kappa shape index (κ3) is 2.74. The topological polar surface area (TPSA) is 0 Å². The highest BCUT2D eigenvalue weighted by atomic mass is 14.2. The average Bonchev–Trinajstić information content (AvgIpc) is 3.12. The molecule has 0 radical (unpaired) electrons. The Hall–Kier alpha value is -5.98. The van der Waals surface area contributed by atoms with Crippen LogP contribution < -0.4 is 0 Å². The van der Waals surface area contributed by atoms with E-state index < -0.39 is 0 Å². The maximum absolute atomic E-state index is 2.45. The van der Waals surface area contributed by atoms with Crippen molar-refractivity contribution in [3.63, 3.8) is 0 Å². The van der Waals surface area contributed by atoms with Gasteiger partial charge in [-0.2, -0.15) is 0 Å². The Morgan fingerprint density at radius 2 is 0.304 bits per heavy atom. The third-order valence-electron chi connectivity index (χ3n) is 11.0. The molecule has 0 aliphatic rings. The average molecular weight is 577 g/mol. The molecule has 0 heteroatoms. The molecular formula is C46H24. The van der Waals surface area contributed by atoms with E-state index in [1.54, 1.807) is 0 Å². The van der Waals surface area contributed by atoms with Crippen LogP contribution in [0.5, 0.6) is 0 Å². The summed E-state index contributed by atoms with van der Waals surface area (Å²) in [6.45, 7) is 0. The van der Waals surface area contributed by atoms with Crippen LogP contribution in [0.15, 0.2) is 146 Å². The van der Waals surface area contributed by atoms with Gasteiger partial charge in [0.1, 0.15) is 0 Å². The van der Waals surface area contributed by atoms with Crippen LogP contribution >= 0.6 is 0 Å². The SMILES string of the molecule is c1ccc2c(c1)c1ccccc1c1cc3c4cc5cc6c(cc5cc4c3cc21)c1cc2c3ccccc3c3ccccc3c2cc61. The molecule has 0 aliphatic heterocycles. The molecular weight excluding hydrogens is 553 g/mol. The van der Waals surface area contributed by atoms with Crippen molar-refractivity contribution in [2.24, 2.45) is 0 Å². The van der Waals surface area contributed by atoms with Gasteiger partial charge in [-0.25, -0.2) is 0 Å². The van der Waals surface area contributed by atoms with Crippen LogP contribution in [-0.4, -0.2) is 0 Å². The molecule has 0 fully saturated rings. The second-order valence-electron chi connectivity index (χ2n) is 13.2. The van der Waals surface area contributed by atoms with Crippen molar-refractivity contribution in [3.8, 4) is 0 Å². The first-order valence-corrected chi connectivity index (χ1v) is 16.2. The molecule has 12 aromatic rings. The Bertz CT molecular complexity index is 2850. The maximum atomic E-state index is 2.45. The highest BCUT2D eigenvalue weighted by Crippen LogP contribution is 2.47. The predicted molar refractivity (Wildman–Crippen MR) is 201 cm³/mol. The molecule has 46 heavy (non-hydrogen) atoms. The predicted octanol–water partition coefficient (Wildman–Crippen LogP) is 13.2. The summed E-state index contributed by atoms with van der Waals surface area (Å²) in [5.74, 6) is 0. The molecule has 0 saturated carbocycles. The summed E-state index contributed by atoms with van der Waals surface area (Å²) in [6.07, 6.45) is 0. The highest BCUT2D eigenvalue weighted by Gasteiger charge is 2.19. The minimum absolute atomic E-state index is 1.32. The quantitative estimate of drug-likeness (QED) is 0.158. The van der Waals surface area contributed by atoms with E-state index in [0.29, 0.717) is 0 Å². The van der Waals surface area contributed by atoms with E-state index in [0.717, 1.165) is 0 Å². The van der Waals surface area contributed by atoms with Crippen molar-refractivity contribution in [1.82, 2.24) is 0 Å². The van der Waals surface area contributed by atoms with Gasteiger partial charge in [-0.15, -0.1) is 0 Å². The summed E-state index contributed by atoms with van der Waals surface area (Å²) in [6, 6.07) is 55.0. The van der Waals surface area contributed by atoms with Crippen molar-refractivity contribution in [3.05, 3.63) is 146 Å². The van der Waals surface area contributed by atoms with Crippen LogP contribution in [0.4, 0.5) is 0 Å². The van der Waals surface area contributed by atoms with Crippen molar-refractivity contribution in [2.75, 3.05) is 0 Å². The summed E-state index contributed by atoms with van der Waals surface area (Å²) in [5, 5.41) is 29.6. The van der Waals surface area contributed by atoms with Gasteiger partial charge in [-0.3, -0.25) is 0 Å². The van der Waals surface area contributed by atoms with Gasteiger partial charge in [-0.05, 0) is 167 Å². The fraction of sp³-hybridized carbons (Fsp3) is 0. The molecule has 12 aromatic carbocycles. The molecule has 0 aromatic heterocycles. The molecule has 0 spiro atoms. The largest absolute Gasteiger partial charge is 0.0616 e. The van der Waals surface area contributed by atoms with Crippen LogP contribution in [0, 0.1) is 0 Å². The summed E-state index contributed by atoms with van der Waals surface area (Å²) in [5.41, 5.74) is 0. The molecule has 0 heterocycles. The molecule has 0 unspecified atom stereocenters. The van der Waals surface area contributed by atoms with Gasteiger partial charge < -0.3 is 0 Å². The Kier molecular flexibility index (Phi) is 4.07. The molecule has 0 bridgehead atoms. The number of fused-ring (bicyclic) bond motifs is 21. The Morgan fingerprint density at radius 3 is 0.522 bits per heavy atom. The van der Waals surface area contributed by atoms with Crippen LogP contribution in [0.1, 0.15) is 0 Å². The zero-order chi connectivity index (χ0) is 29.7. The number of rotatable bonds is 0. The number of hydrogen-bond donors (Lipinski definition) is 0. The Labute approximate surface area is 263 Å². The van der Waals surface area contributed by atoms with Gasteiger partial charge in [0.05, 0.1) is 0 Å². The van der Waals surface area contributed by atoms with E-state index in [4.69, 9.17) is 0 Å². The lowest BCUT2D eigenvalue weighted by Crippen LogP contribution is -1.91. The smallest absolute Gasteiger partial charge is 0.00921 e. The maximum Gasteiger partial charge on any atom is -0.00921 e. The van der Waals surface area contributed by atoms with E-state index in [9.17, 15) is 0 Å². The molecule has 0 aliphatic carbocycles. The molecule has 0 amide bonds. The van der Waals surface area contributed by atoms with Gasteiger partial charge >= 0.3 is 0 Å². The molecule has 0 N–H and O–H groups in total. The Morgan fingerprint density at radius 1 is 0.152 bits per heavy atom. The van der Waals surface area contributed by atoms with E-state index in [-0.39, 0.29) is 0 Å². The number of benzene rings is 10. The first-order valence-electron chi connectivity index (χ1n) is 16.2. The molecule has 0 saturated heterocycles. The fourth-order valence-electron chi connectivity index (χ4n) is 8.91. The van der Waals surface area contributed by atoms with E-state index in [1.807, 2.05) is 0 Å². The molecule has 0 nitrogen and oxygen atoms in total. The van der Waals surface area contributed by atoms with Crippen LogP contribution in [0.2, 0.25) is 0 Å². The lowest BCUT2D eigenvalue weighted by Gasteiger charge is -2.19. The minimum Gasteiger partial charge on any atom is -0.0616 e. The second kappa shape index (κ2) is 7.99. The van der Waals surface area contributed by atoms with Gasteiger partial charge in [-0.1, -0.05) is 97.1 Å². The number of hydrogen-bond acceptors (Lipinski definition) is 0.